The molecule has 0 spiro atoms. The van der Waals surface area contributed by atoms with Crippen LogP contribution in [0.15, 0.2) is 67.3 Å². The number of benzene rings is 2. The SMILES string of the molecule is Fc1ccc(Cc2nccn2-c2cncc3nnc(-c4ccc(OC(F)F)cc4)n23)cc1F. The minimum Gasteiger partial charge on any atom is -0.435 e. The highest BCUT2D eigenvalue weighted by molar-refractivity contribution is 5.62. The van der Waals surface area contributed by atoms with Crippen molar-refractivity contribution in [2.75, 3.05) is 0 Å². The summed E-state index contributed by atoms with van der Waals surface area (Å²) in [5.74, 6) is -0.289. The molecular weight excluding hydrogens is 440 g/mol. The summed E-state index contributed by atoms with van der Waals surface area (Å²) in [4.78, 5) is 8.56. The summed E-state index contributed by atoms with van der Waals surface area (Å²) in [7, 11) is 0. The number of hydrogen-bond donors (Lipinski definition) is 0. The summed E-state index contributed by atoms with van der Waals surface area (Å²) in [6.07, 6.45) is 6.63. The predicted octanol–water partition coefficient (Wildman–Crippen LogP) is 4.45. The Morgan fingerprint density at radius 2 is 1.76 bits per heavy atom. The molecule has 0 aliphatic heterocycles. The van der Waals surface area contributed by atoms with E-state index < -0.39 is 18.2 Å². The number of aromatic nitrogens is 6. The van der Waals surface area contributed by atoms with Crippen LogP contribution in [0.1, 0.15) is 11.4 Å². The van der Waals surface area contributed by atoms with Gasteiger partial charge in [0, 0.05) is 24.4 Å². The van der Waals surface area contributed by atoms with Crippen LogP contribution in [-0.4, -0.2) is 35.7 Å². The first kappa shape index (κ1) is 20.6. The zero-order chi connectivity index (χ0) is 22.9. The zero-order valence-corrected chi connectivity index (χ0v) is 16.7. The van der Waals surface area contributed by atoms with Crippen molar-refractivity contribution in [3.63, 3.8) is 0 Å². The molecule has 0 amide bonds. The van der Waals surface area contributed by atoms with Crippen LogP contribution >= 0.6 is 0 Å². The maximum atomic E-state index is 13.7. The summed E-state index contributed by atoms with van der Waals surface area (Å²) in [6.45, 7) is -2.92. The molecule has 3 aromatic heterocycles. The van der Waals surface area contributed by atoms with Crippen LogP contribution in [0.2, 0.25) is 0 Å². The fourth-order valence-corrected chi connectivity index (χ4v) is 3.48. The Kier molecular flexibility index (Phi) is 5.21. The third-order valence-corrected chi connectivity index (χ3v) is 4.95. The molecular formula is C22H14F4N6O. The first-order valence-corrected chi connectivity index (χ1v) is 9.70. The van der Waals surface area contributed by atoms with Crippen LogP contribution in [0.3, 0.4) is 0 Å². The highest BCUT2D eigenvalue weighted by atomic mass is 19.3. The average molecular weight is 454 g/mol. The summed E-state index contributed by atoms with van der Waals surface area (Å²) in [5.41, 5.74) is 1.60. The second kappa shape index (κ2) is 8.34. The van der Waals surface area contributed by atoms with Gasteiger partial charge in [-0.2, -0.15) is 8.78 Å². The lowest BCUT2D eigenvalue weighted by atomic mass is 10.1. The van der Waals surface area contributed by atoms with Crippen molar-refractivity contribution < 1.29 is 22.3 Å². The maximum Gasteiger partial charge on any atom is 0.387 e. The molecule has 0 atom stereocenters. The van der Waals surface area contributed by atoms with Gasteiger partial charge in [0.2, 0.25) is 0 Å². The number of hydrogen-bond acceptors (Lipinski definition) is 5. The molecule has 0 unspecified atom stereocenters. The molecule has 11 heteroatoms. The van der Waals surface area contributed by atoms with Crippen molar-refractivity contribution in [1.82, 2.24) is 29.1 Å². The minimum absolute atomic E-state index is 0.0212. The number of alkyl halides is 2. The second-order valence-corrected chi connectivity index (χ2v) is 7.02. The van der Waals surface area contributed by atoms with E-state index in [1.54, 1.807) is 39.7 Å². The van der Waals surface area contributed by atoms with Crippen LogP contribution in [0.5, 0.6) is 5.75 Å². The van der Waals surface area contributed by atoms with Gasteiger partial charge in [-0.1, -0.05) is 6.07 Å². The van der Waals surface area contributed by atoms with Gasteiger partial charge >= 0.3 is 6.61 Å². The van der Waals surface area contributed by atoms with Crippen LogP contribution in [0.4, 0.5) is 17.6 Å². The summed E-state index contributed by atoms with van der Waals surface area (Å²) >= 11 is 0. The molecule has 0 N–H and O–H groups in total. The van der Waals surface area contributed by atoms with E-state index in [0.717, 1.165) is 12.1 Å². The topological polar surface area (TPSA) is 70.1 Å². The Morgan fingerprint density at radius 3 is 2.52 bits per heavy atom. The van der Waals surface area contributed by atoms with E-state index in [2.05, 4.69) is 24.9 Å². The van der Waals surface area contributed by atoms with E-state index in [4.69, 9.17) is 0 Å². The van der Waals surface area contributed by atoms with Crippen LogP contribution in [0.25, 0.3) is 22.9 Å². The smallest absolute Gasteiger partial charge is 0.387 e. The molecule has 3 heterocycles. The minimum atomic E-state index is -2.92. The van der Waals surface area contributed by atoms with Crippen molar-refractivity contribution in [2.45, 2.75) is 13.0 Å². The highest BCUT2D eigenvalue weighted by Gasteiger charge is 2.16. The molecule has 0 aliphatic rings. The summed E-state index contributed by atoms with van der Waals surface area (Å²) in [5, 5.41) is 8.37. The highest BCUT2D eigenvalue weighted by Crippen LogP contribution is 2.25. The van der Waals surface area contributed by atoms with Gasteiger partial charge in [0.05, 0.1) is 12.4 Å². The molecule has 0 saturated heterocycles. The first-order chi connectivity index (χ1) is 16.0. The van der Waals surface area contributed by atoms with E-state index in [-0.39, 0.29) is 12.2 Å². The molecule has 0 fully saturated rings. The second-order valence-electron chi connectivity index (χ2n) is 7.02. The molecule has 33 heavy (non-hydrogen) atoms. The van der Waals surface area contributed by atoms with E-state index in [1.165, 1.54) is 24.4 Å². The van der Waals surface area contributed by atoms with Crippen LogP contribution < -0.4 is 4.74 Å². The number of ether oxygens (including phenoxy) is 1. The van der Waals surface area contributed by atoms with Crippen LogP contribution in [-0.2, 0) is 6.42 Å². The fourth-order valence-electron chi connectivity index (χ4n) is 3.48. The van der Waals surface area contributed by atoms with Gasteiger partial charge in [-0.25, -0.2) is 13.8 Å². The lowest BCUT2D eigenvalue weighted by molar-refractivity contribution is -0.0498. The van der Waals surface area contributed by atoms with Gasteiger partial charge in [0.15, 0.2) is 23.1 Å². The Morgan fingerprint density at radius 1 is 0.939 bits per heavy atom. The Labute approximate surface area is 183 Å². The third-order valence-electron chi connectivity index (χ3n) is 4.95. The van der Waals surface area contributed by atoms with Crippen molar-refractivity contribution in [3.8, 4) is 23.0 Å². The zero-order valence-electron chi connectivity index (χ0n) is 16.7. The number of halogens is 4. The Hall–Kier alpha value is -4.28. The lowest BCUT2D eigenvalue weighted by Crippen LogP contribution is -2.08. The van der Waals surface area contributed by atoms with E-state index in [1.807, 2.05) is 0 Å². The van der Waals surface area contributed by atoms with Crippen molar-refractivity contribution >= 4 is 5.65 Å². The third kappa shape index (κ3) is 4.00. The number of nitrogens with zero attached hydrogens (tertiary/aromatic N) is 6. The molecule has 0 bridgehead atoms. The Bertz CT molecular complexity index is 1430. The summed E-state index contributed by atoms with van der Waals surface area (Å²) < 4.78 is 59.7. The molecule has 7 nitrogen and oxygen atoms in total. The predicted molar refractivity (Wildman–Crippen MR) is 109 cm³/mol. The van der Waals surface area contributed by atoms with Gasteiger partial charge < -0.3 is 4.74 Å². The summed E-state index contributed by atoms with van der Waals surface area (Å²) in [6, 6.07) is 9.69. The number of rotatable bonds is 6. The monoisotopic (exact) mass is 454 g/mol. The molecule has 0 aliphatic carbocycles. The van der Waals surface area contributed by atoms with Gasteiger partial charge in [-0.05, 0) is 42.0 Å². The average Bonchev–Trinajstić information content (AvgIpc) is 3.43. The number of fused-ring (bicyclic) bond motifs is 1. The first-order valence-electron chi connectivity index (χ1n) is 9.70. The molecule has 2 aromatic carbocycles. The van der Waals surface area contributed by atoms with Gasteiger partial charge in [0.25, 0.3) is 0 Å². The van der Waals surface area contributed by atoms with E-state index in [9.17, 15) is 17.6 Å². The lowest BCUT2D eigenvalue weighted by Gasteiger charge is -2.12. The number of imidazole rings is 1. The van der Waals surface area contributed by atoms with Gasteiger partial charge in [-0.3, -0.25) is 14.0 Å². The largest absolute Gasteiger partial charge is 0.435 e. The Balaban J connectivity index is 1.56. The molecule has 166 valence electrons. The normalized spacial score (nSPS) is 11.4. The standard InChI is InChI=1S/C22H14F4N6O/c23-16-6-1-13(9-17(16)24)10-18-28-7-8-31(18)20-12-27-11-19-29-30-21(32(19)20)14-2-4-15(5-3-14)33-22(25)26/h1-9,11-12,22H,10H2. The molecule has 0 saturated carbocycles. The van der Waals surface area contributed by atoms with Crippen molar-refractivity contribution in [1.29, 1.82) is 0 Å². The molecule has 0 radical (unpaired) electrons. The van der Waals surface area contributed by atoms with Gasteiger partial charge in [-0.15, -0.1) is 10.2 Å². The van der Waals surface area contributed by atoms with E-state index >= 15 is 0 Å². The maximum absolute atomic E-state index is 13.7. The quantitative estimate of drug-likeness (QED) is 0.355. The van der Waals surface area contributed by atoms with Crippen LogP contribution in [0, 0.1) is 11.6 Å². The molecule has 5 rings (SSSR count). The van der Waals surface area contributed by atoms with Crippen molar-refractivity contribution in [3.05, 3.63) is 90.3 Å². The fraction of sp³-hybridized carbons (Fsp3) is 0.0909. The van der Waals surface area contributed by atoms with Crippen molar-refractivity contribution in [2.24, 2.45) is 0 Å². The van der Waals surface area contributed by atoms with E-state index in [0.29, 0.717) is 34.2 Å². The van der Waals surface area contributed by atoms with Gasteiger partial charge in [0.1, 0.15) is 17.4 Å². The molecule has 5 aromatic rings.